The van der Waals surface area contributed by atoms with E-state index in [1.165, 1.54) is 4.31 Å². The first-order valence-corrected chi connectivity index (χ1v) is 6.93. The molecule has 0 unspecified atom stereocenters. The quantitative estimate of drug-likeness (QED) is 0.732. The lowest BCUT2D eigenvalue weighted by molar-refractivity contribution is 0.227. The molecule has 1 saturated heterocycles. The minimum atomic E-state index is -3.31. The van der Waals surface area contributed by atoms with Gasteiger partial charge >= 0.3 is 0 Å². The lowest BCUT2D eigenvalue weighted by Gasteiger charge is -2.32. The van der Waals surface area contributed by atoms with Crippen LogP contribution < -0.4 is 0 Å². The Bertz CT molecular complexity index is 335. The second kappa shape index (κ2) is 4.95. The summed E-state index contributed by atoms with van der Waals surface area (Å²) < 4.78 is 24.6. The van der Waals surface area contributed by atoms with Crippen molar-refractivity contribution in [1.29, 1.82) is 5.26 Å². The second-order valence-corrected chi connectivity index (χ2v) is 6.36. The van der Waals surface area contributed by atoms with Crippen molar-refractivity contribution in [3.05, 3.63) is 0 Å². The number of hydrogen-bond donors (Lipinski definition) is 0. The Morgan fingerprint density at radius 2 is 1.93 bits per heavy atom. The Morgan fingerprint density at radius 3 is 2.33 bits per heavy atom. The molecule has 0 radical (unpaired) electrons. The van der Waals surface area contributed by atoms with Crippen molar-refractivity contribution in [2.45, 2.75) is 26.7 Å². The van der Waals surface area contributed by atoms with Gasteiger partial charge in [-0.1, -0.05) is 13.8 Å². The molecule has 0 atom stereocenters. The van der Waals surface area contributed by atoms with Crippen LogP contribution in [0.25, 0.3) is 0 Å². The van der Waals surface area contributed by atoms with E-state index in [4.69, 9.17) is 5.26 Å². The highest BCUT2D eigenvalue weighted by Gasteiger charge is 2.28. The summed E-state index contributed by atoms with van der Waals surface area (Å²) in [7, 11) is -3.31. The van der Waals surface area contributed by atoms with Crippen LogP contribution in [0.3, 0.4) is 0 Å². The van der Waals surface area contributed by atoms with Crippen LogP contribution in [0.1, 0.15) is 26.7 Å². The largest absolute Gasteiger partial charge is 0.227 e. The third kappa shape index (κ3) is 3.18. The third-order valence-electron chi connectivity index (χ3n) is 3.08. The van der Waals surface area contributed by atoms with E-state index < -0.39 is 10.0 Å². The zero-order chi connectivity index (χ0) is 11.5. The van der Waals surface area contributed by atoms with Gasteiger partial charge in [-0.2, -0.15) is 5.26 Å². The predicted octanol–water partition coefficient (Wildman–Crippen LogP) is 1.21. The van der Waals surface area contributed by atoms with Crippen molar-refractivity contribution < 1.29 is 8.42 Å². The van der Waals surface area contributed by atoms with Gasteiger partial charge in [0.05, 0.1) is 6.07 Å². The van der Waals surface area contributed by atoms with E-state index in [9.17, 15) is 8.42 Å². The van der Waals surface area contributed by atoms with Crippen molar-refractivity contribution in [2.75, 3.05) is 18.8 Å². The smallest absolute Gasteiger partial charge is 0.211 e. The Labute approximate surface area is 91.9 Å². The molecule has 0 spiro atoms. The van der Waals surface area contributed by atoms with E-state index in [0.717, 1.165) is 12.8 Å². The van der Waals surface area contributed by atoms with Crippen LogP contribution in [-0.4, -0.2) is 31.6 Å². The first-order valence-electron chi connectivity index (χ1n) is 5.32. The van der Waals surface area contributed by atoms with Gasteiger partial charge in [0, 0.05) is 13.1 Å². The maximum atomic E-state index is 11.6. The fourth-order valence-electron chi connectivity index (χ4n) is 1.99. The average Bonchev–Trinajstić information content (AvgIpc) is 2.18. The number of sulfonamides is 1. The molecular formula is C10H18N2O2S. The molecule has 5 heteroatoms. The molecule has 0 N–H and O–H groups in total. The highest BCUT2D eigenvalue weighted by molar-refractivity contribution is 7.89. The molecule has 1 aliphatic rings. The summed E-state index contributed by atoms with van der Waals surface area (Å²) in [5.41, 5.74) is 0. The molecule has 0 aliphatic carbocycles. The number of hydrogen-bond acceptors (Lipinski definition) is 3. The molecule has 0 saturated carbocycles. The van der Waals surface area contributed by atoms with E-state index in [1.807, 2.05) is 0 Å². The van der Waals surface area contributed by atoms with Gasteiger partial charge in [-0.15, -0.1) is 0 Å². The maximum absolute atomic E-state index is 11.6. The van der Waals surface area contributed by atoms with Crippen LogP contribution in [0, 0.1) is 23.2 Å². The molecule has 1 aliphatic heterocycles. The molecule has 1 heterocycles. The van der Waals surface area contributed by atoms with Crippen molar-refractivity contribution in [1.82, 2.24) is 4.31 Å². The Morgan fingerprint density at radius 1 is 1.40 bits per heavy atom. The molecule has 86 valence electrons. The van der Waals surface area contributed by atoms with Crippen LogP contribution in [0.15, 0.2) is 0 Å². The molecular weight excluding hydrogens is 212 g/mol. The Balaban J connectivity index is 2.55. The van der Waals surface area contributed by atoms with Crippen LogP contribution in [0.4, 0.5) is 0 Å². The van der Waals surface area contributed by atoms with E-state index >= 15 is 0 Å². The zero-order valence-electron chi connectivity index (χ0n) is 9.31. The van der Waals surface area contributed by atoms with E-state index in [-0.39, 0.29) is 5.75 Å². The number of rotatable bonds is 3. The molecule has 1 fully saturated rings. The van der Waals surface area contributed by atoms with Gasteiger partial charge in [0.2, 0.25) is 10.0 Å². The van der Waals surface area contributed by atoms with E-state index in [0.29, 0.717) is 24.9 Å². The topological polar surface area (TPSA) is 61.2 Å². The monoisotopic (exact) mass is 230 g/mol. The highest BCUT2D eigenvalue weighted by atomic mass is 32.2. The van der Waals surface area contributed by atoms with Gasteiger partial charge in [0.15, 0.2) is 5.75 Å². The Kier molecular flexibility index (Phi) is 4.12. The summed E-state index contributed by atoms with van der Waals surface area (Å²) in [5, 5.41) is 8.42. The lowest BCUT2D eigenvalue weighted by atomic mass is 9.87. The molecule has 0 aromatic carbocycles. The summed E-state index contributed by atoms with van der Waals surface area (Å²) in [4.78, 5) is 0. The first kappa shape index (κ1) is 12.5. The summed E-state index contributed by atoms with van der Waals surface area (Å²) >= 11 is 0. The number of nitrogens with zero attached hydrogens (tertiary/aromatic N) is 2. The molecule has 0 aromatic heterocycles. The lowest BCUT2D eigenvalue weighted by Crippen LogP contribution is -2.40. The van der Waals surface area contributed by atoms with Crippen LogP contribution in [0.5, 0.6) is 0 Å². The minimum Gasteiger partial charge on any atom is -0.211 e. The molecule has 0 amide bonds. The van der Waals surface area contributed by atoms with Gasteiger partial charge in [0.25, 0.3) is 0 Å². The molecule has 0 aromatic rings. The second-order valence-electron chi connectivity index (χ2n) is 4.39. The van der Waals surface area contributed by atoms with Crippen LogP contribution in [0.2, 0.25) is 0 Å². The van der Waals surface area contributed by atoms with Crippen molar-refractivity contribution in [2.24, 2.45) is 11.8 Å². The number of nitriles is 1. The molecule has 0 bridgehead atoms. The molecule has 15 heavy (non-hydrogen) atoms. The molecule has 4 nitrogen and oxygen atoms in total. The van der Waals surface area contributed by atoms with E-state index in [2.05, 4.69) is 13.8 Å². The van der Waals surface area contributed by atoms with E-state index in [1.54, 1.807) is 6.07 Å². The van der Waals surface area contributed by atoms with Gasteiger partial charge in [-0.25, -0.2) is 12.7 Å². The minimum absolute atomic E-state index is 0.390. The zero-order valence-corrected chi connectivity index (χ0v) is 10.1. The van der Waals surface area contributed by atoms with Crippen LogP contribution in [-0.2, 0) is 10.0 Å². The summed E-state index contributed by atoms with van der Waals surface area (Å²) in [6, 6.07) is 1.71. The molecule has 1 rings (SSSR count). The summed E-state index contributed by atoms with van der Waals surface area (Å²) in [6.07, 6.45) is 1.84. The fraction of sp³-hybridized carbons (Fsp3) is 0.900. The van der Waals surface area contributed by atoms with Gasteiger partial charge in [-0.3, -0.25) is 0 Å². The standard InChI is InChI=1S/C10H18N2O2S/c1-9(2)10-3-6-12(7-4-10)15(13,14)8-5-11/h9-10H,3-4,6-8H2,1-2H3. The van der Waals surface area contributed by atoms with Crippen LogP contribution >= 0.6 is 0 Å². The average molecular weight is 230 g/mol. The third-order valence-corrected chi connectivity index (χ3v) is 4.73. The first-order chi connectivity index (χ1) is 6.97. The predicted molar refractivity (Wildman–Crippen MR) is 58.5 cm³/mol. The maximum Gasteiger partial charge on any atom is 0.227 e. The SMILES string of the molecule is CC(C)C1CCN(S(=O)(=O)CC#N)CC1. The van der Waals surface area contributed by atoms with Crippen molar-refractivity contribution >= 4 is 10.0 Å². The van der Waals surface area contributed by atoms with Gasteiger partial charge in [-0.05, 0) is 24.7 Å². The normalized spacial score (nSPS) is 20.4. The Hall–Kier alpha value is -0.600. The highest BCUT2D eigenvalue weighted by Crippen LogP contribution is 2.25. The van der Waals surface area contributed by atoms with Gasteiger partial charge < -0.3 is 0 Å². The fourth-order valence-corrected chi connectivity index (χ4v) is 3.11. The van der Waals surface area contributed by atoms with Gasteiger partial charge in [0.1, 0.15) is 0 Å². The summed E-state index contributed by atoms with van der Waals surface area (Å²) in [6.45, 7) is 5.49. The number of piperidine rings is 1. The van der Waals surface area contributed by atoms with Crippen molar-refractivity contribution in [3.63, 3.8) is 0 Å². The van der Waals surface area contributed by atoms with Crippen molar-refractivity contribution in [3.8, 4) is 6.07 Å². The summed E-state index contributed by atoms with van der Waals surface area (Å²) in [5.74, 6) is 0.851.